The average molecular weight is 283 g/mol. The van der Waals surface area contributed by atoms with Crippen LogP contribution >= 0.6 is 24.2 Å². The molecule has 1 rings (SSSR count). The quantitative estimate of drug-likeness (QED) is 0.549. The van der Waals surface area contributed by atoms with Crippen LogP contribution in [0.2, 0.25) is 0 Å². The predicted molar refractivity (Wildman–Crippen MR) is 70.4 cm³/mol. The summed E-state index contributed by atoms with van der Waals surface area (Å²) in [6, 6.07) is -0.0763. The first kappa shape index (κ1) is 16.5. The van der Waals surface area contributed by atoms with Gasteiger partial charge in [0.15, 0.2) is 0 Å². The van der Waals surface area contributed by atoms with Crippen molar-refractivity contribution in [2.75, 3.05) is 24.8 Å². The highest BCUT2D eigenvalue weighted by atomic mass is 35.5. The molecule has 1 saturated heterocycles. The molecule has 5 nitrogen and oxygen atoms in total. The van der Waals surface area contributed by atoms with Gasteiger partial charge in [-0.05, 0) is 13.3 Å². The molecule has 1 amide bonds. The first-order valence-electron chi connectivity index (χ1n) is 5.48. The predicted octanol–water partition coefficient (Wildman–Crippen LogP) is 0.530. The van der Waals surface area contributed by atoms with Crippen molar-refractivity contribution < 1.29 is 14.3 Å². The Labute approximate surface area is 112 Å². The molecule has 7 heteroatoms. The summed E-state index contributed by atoms with van der Waals surface area (Å²) in [6.07, 6.45) is 0.991. The van der Waals surface area contributed by atoms with Gasteiger partial charge in [0.25, 0.3) is 0 Å². The van der Waals surface area contributed by atoms with Crippen molar-refractivity contribution in [1.82, 2.24) is 10.6 Å². The van der Waals surface area contributed by atoms with E-state index in [4.69, 9.17) is 4.74 Å². The summed E-state index contributed by atoms with van der Waals surface area (Å²) < 4.78 is 4.78. The number of amides is 1. The van der Waals surface area contributed by atoms with Crippen LogP contribution in [-0.2, 0) is 14.3 Å². The van der Waals surface area contributed by atoms with E-state index in [9.17, 15) is 9.59 Å². The van der Waals surface area contributed by atoms with Crippen LogP contribution in [0.25, 0.3) is 0 Å². The molecule has 0 radical (unpaired) electrons. The Kier molecular flexibility index (Phi) is 9.30. The van der Waals surface area contributed by atoms with Crippen molar-refractivity contribution in [2.45, 2.75) is 25.8 Å². The highest BCUT2D eigenvalue weighted by Crippen LogP contribution is 2.09. The van der Waals surface area contributed by atoms with Gasteiger partial charge in [-0.2, -0.15) is 0 Å². The summed E-state index contributed by atoms with van der Waals surface area (Å²) in [5, 5.41) is 5.89. The summed E-state index contributed by atoms with van der Waals surface area (Å²) in [4.78, 5) is 22.5. The SMILES string of the molecule is CCOC(=O)CCCNC(=O)C1CSCN1.Cl. The Morgan fingerprint density at radius 3 is 2.88 bits per heavy atom. The van der Waals surface area contributed by atoms with E-state index < -0.39 is 0 Å². The minimum atomic E-state index is -0.203. The van der Waals surface area contributed by atoms with Crippen LogP contribution in [-0.4, -0.2) is 42.7 Å². The van der Waals surface area contributed by atoms with E-state index in [0.29, 0.717) is 26.0 Å². The Hall–Kier alpha value is -0.460. The Balaban J connectivity index is 0.00000256. The van der Waals surface area contributed by atoms with Crippen molar-refractivity contribution in [1.29, 1.82) is 0 Å². The number of esters is 1. The molecular formula is C10H19ClN2O3S. The van der Waals surface area contributed by atoms with E-state index >= 15 is 0 Å². The van der Waals surface area contributed by atoms with Crippen LogP contribution in [0, 0.1) is 0 Å². The summed E-state index contributed by atoms with van der Waals surface area (Å²) >= 11 is 1.72. The lowest BCUT2D eigenvalue weighted by atomic mass is 10.3. The van der Waals surface area contributed by atoms with Crippen molar-refractivity contribution in [3.63, 3.8) is 0 Å². The maximum atomic E-state index is 11.5. The molecule has 2 N–H and O–H groups in total. The summed E-state index contributed by atoms with van der Waals surface area (Å²) in [5.41, 5.74) is 0. The van der Waals surface area contributed by atoms with Gasteiger partial charge in [0.1, 0.15) is 0 Å². The third-order valence-electron chi connectivity index (χ3n) is 2.20. The lowest BCUT2D eigenvalue weighted by Crippen LogP contribution is -2.42. The number of hydrogen-bond donors (Lipinski definition) is 2. The topological polar surface area (TPSA) is 67.4 Å². The molecule has 1 fully saturated rings. The summed E-state index contributed by atoms with van der Waals surface area (Å²) in [6.45, 7) is 2.72. The van der Waals surface area contributed by atoms with E-state index in [1.54, 1.807) is 18.7 Å². The van der Waals surface area contributed by atoms with Crippen molar-refractivity contribution in [2.24, 2.45) is 0 Å². The molecule has 1 atom stereocenters. The normalized spacial score (nSPS) is 18.3. The number of carbonyl (C=O) groups excluding carboxylic acids is 2. The number of halogens is 1. The third kappa shape index (κ3) is 6.75. The van der Waals surface area contributed by atoms with Crippen molar-refractivity contribution in [3.8, 4) is 0 Å². The van der Waals surface area contributed by atoms with Crippen LogP contribution in [0.4, 0.5) is 0 Å². The van der Waals surface area contributed by atoms with E-state index in [2.05, 4.69) is 10.6 Å². The monoisotopic (exact) mass is 282 g/mol. The van der Waals surface area contributed by atoms with E-state index in [1.165, 1.54) is 0 Å². The van der Waals surface area contributed by atoms with Crippen LogP contribution in [0.3, 0.4) is 0 Å². The maximum Gasteiger partial charge on any atom is 0.305 e. The standard InChI is InChI=1S/C10H18N2O3S.ClH/c1-2-15-9(13)4-3-5-11-10(14)8-6-16-7-12-8;/h8,12H,2-7H2,1H3,(H,11,14);1H. The fraction of sp³-hybridized carbons (Fsp3) is 0.800. The van der Waals surface area contributed by atoms with Crippen LogP contribution < -0.4 is 10.6 Å². The zero-order valence-electron chi connectivity index (χ0n) is 9.86. The van der Waals surface area contributed by atoms with Gasteiger partial charge in [-0.25, -0.2) is 0 Å². The molecule has 0 spiro atoms. The van der Waals surface area contributed by atoms with Crippen molar-refractivity contribution >= 4 is 36.0 Å². The molecule has 0 saturated carbocycles. The zero-order valence-corrected chi connectivity index (χ0v) is 11.5. The Bertz CT molecular complexity index is 248. The largest absolute Gasteiger partial charge is 0.466 e. The highest BCUT2D eigenvalue weighted by Gasteiger charge is 2.21. The van der Waals surface area contributed by atoms with Gasteiger partial charge in [0.05, 0.1) is 12.6 Å². The van der Waals surface area contributed by atoms with Crippen LogP contribution in [0.1, 0.15) is 19.8 Å². The fourth-order valence-electron chi connectivity index (χ4n) is 1.36. The second-order valence-corrected chi connectivity index (χ2v) is 4.50. The average Bonchev–Trinajstić information content (AvgIpc) is 2.78. The van der Waals surface area contributed by atoms with Gasteiger partial charge in [0.2, 0.25) is 5.91 Å². The lowest BCUT2D eigenvalue weighted by molar-refractivity contribution is -0.143. The second kappa shape index (κ2) is 9.56. The summed E-state index contributed by atoms with van der Waals surface area (Å²) in [5.74, 6) is 1.48. The smallest absolute Gasteiger partial charge is 0.305 e. The Morgan fingerprint density at radius 2 is 2.29 bits per heavy atom. The molecule has 0 aliphatic carbocycles. The zero-order chi connectivity index (χ0) is 11.8. The first-order chi connectivity index (χ1) is 7.74. The number of hydrogen-bond acceptors (Lipinski definition) is 5. The maximum absolute atomic E-state index is 11.5. The number of rotatable bonds is 6. The molecule has 1 aliphatic heterocycles. The fourth-order valence-corrected chi connectivity index (χ4v) is 2.31. The number of carbonyl (C=O) groups is 2. The molecule has 0 aromatic carbocycles. The number of thioether (sulfide) groups is 1. The third-order valence-corrected chi connectivity index (χ3v) is 3.13. The molecule has 1 aliphatic rings. The molecule has 1 heterocycles. The summed E-state index contributed by atoms with van der Waals surface area (Å²) in [7, 11) is 0. The highest BCUT2D eigenvalue weighted by molar-refractivity contribution is 7.99. The van der Waals surface area contributed by atoms with E-state index in [1.807, 2.05) is 0 Å². The van der Waals surface area contributed by atoms with Gasteiger partial charge in [0, 0.05) is 24.6 Å². The number of nitrogens with one attached hydrogen (secondary N) is 2. The van der Waals surface area contributed by atoms with Crippen LogP contribution in [0.5, 0.6) is 0 Å². The van der Waals surface area contributed by atoms with Crippen LogP contribution in [0.15, 0.2) is 0 Å². The molecule has 17 heavy (non-hydrogen) atoms. The molecule has 100 valence electrons. The Morgan fingerprint density at radius 1 is 1.53 bits per heavy atom. The van der Waals surface area contributed by atoms with E-state index in [-0.39, 0.29) is 30.3 Å². The van der Waals surface area contributed by atoms with Crippen molar-refractivity contribution in [3.05, 3.63) is 0 Å². The number of ether oxygens (including phenoxy) is 1. The first-order valence-corrected chi connectivity index (χ1v) is 6.64. The van der Waals surface area contributed by atoms with Gasteiger partial charge in [-0.1, -0.05) is 0 Å². The molecule has 0 bridgehead atoms. The second-order valence-electron chi connectivity index (χ2n) is 3.47. The van der Waals surface area contributed by atoms with E-state index in [0.717, 1.165) is 11.6 Å². The molecule has 1 unspecified atom stereocenters. The molecule has 0 aromatic rings. The van der Waals surface area contributed by atoms with Gasteiger partial charge in [-0.15, -0.1) is 24.2 Å². The van der Waals surface area contributed by atoms with Gasteiger partial charge < -0.3 is 10.1 Å². The minimum absolute atomic E-state index is 0. The van der Waals surface area contributed by atoms with Gasteiger partial charge in [-0.3, -0.25) is 14.9 Å². The lowest BCUT2D eigenvalue weighted by Gasteiger charge is -2.09. The molecular weight excluding hydrogens is 264 g/mol. The van der Waals surface area contributed by atoms with Gasteiger partial charge >= 0.3 is 5.97 Å². The molecule has 0 aromatic heterocycles. The minimum Gasteiger partial charge on any atom is -0.466 e.